The Morgan fingerprint density at radius 3 is 2.32 bits per heavy atom. The van der Waals surface area contributed by atoms with Crippen LogP contribution in [0, 0.1) is 0 Å². The number of aromatic nitrogens is 1. The molecule has 2 fully saturated rings. The number of ketones is 1. The first-order valence-electron chi connectivity index (χ1n) is 11.9. The van der Waals surface area contributed by atoms with Crippen molar-refractivity contribution in [2.24, 2.45) is 0 Å². The summed E-state index contributed by atoms with van der Waals surface area (Å²) in [5.74, 6) is 0.189. The molecule has 6 nitrogen and oxygen atoms in total. The summed E-state index contributed by atoms with van der Waals surface area (Å²) < 4.78 is 6.37. The molecule has 0 bridgehead atoms. The van der Waals surface area contributed by atoms with Crippen molar-refractivity contribution in [2.45, 2.75) is 38.6 Å². The maximum Gasteiger partial charge on any atom is 0.270 e. The highest BCUT2D eigenvalue weighted by atomic mass is 79.9. The van der Waals surface area contributed by atoms with Gasteiger partial charge in [-0.3, -0.25) is 14.5 Å². The molecule has 1 N–H and O–H groups in total. The fourth-order valence-electron chi connectivity index (χ4n) is 4.93. The average Bonchev–Trinajstić information content (AvgIpc) is 3.57. The second-order valence-corrected chi connectivity index (χ2v) is 9.93. The summed E-state index contributed by atoms with van der Waals surface area (Å²) in [6, 6.07) is 9.94. The third-order valence-electron chi connectivity index (χ3n) is 7.00. The van der Waals surface area contributed by atoms with Gasteiger partial charge in [-0.25, -0.2) is 0 Å². The van der Waals surface area contributed by atoms with Gasteiger partial charge < -0.3 is 14.6 Å². The minimum absolute atomic E-state index is 0.0640. The van der Waals surface area contributed by atoms with Gasteiger partial charge in [0.15, 0.2) is 5.78 Å². The van der Waals surface area contributed by atoms with Crippen molar-refractivity contribution < 1.29 is 14.3 Å². The Morgan fingerprint density at radius 2 is 1.71 bits per heavy atom. The predicted molar refractivity (Wildman–Crippen MR) is 138 cm³/mol. The molecular weight excluding hydrogens is 494 g/mol. The molecule has 0 spiro atoms. The van der Waals surface area contributed by atoms with Crippen LogP contribution in [-0.2, 0) is 4.74 Å². The van der Waals surface area contributed by atoms with Crippen LogP contribution in [0.15, 0.2) is 58.9 Å². The summed E-state index contributed by atoms with van der Waals surface area (Å²) in [6.07, 6.45) is 6.78. The van der Waals surface area contributed by atoms with E-state index in [0.29, 0.717) is 47.3 Å². The van der Waals surface area contributed by atoms with E-state index in [1.54, 1.807) is 19.2 Å². The largest absolute Gasteiger partial charge is 0.501 e. The number of allylic oxidation sites excluding steroid dienone is 3. The molecular formula is C27H32BrN3O3. The van der Waals surface area contributed by atoms with Crippen LogP contribution in [0.3, 0.4) is 0 Å². The van der Waals surface area contributed by atoms with E-state index >= 15 is 0 Å². The molecule has 1 aliphatic heterocycles. The summed E-state index contributed by atoms with van der Waals surface area (Å²) in [4.78, 5) is 34.0. The number of piperazine rings is 1. The molecule has 2 aromatic rings. The summed E-state index contributed by atoms with van der Waals surface area (Å²) in [7, 11) is 1.54. The molecule has 1 aliphatic carbocycles. The van der Waals surface area contributed by atoms with Crippen LogP contribution in [0.1, 0.15) is 59.0 Å². The van der Waals surface area contributed by atoms with Gasteiger partial charge >= 0.3 is 0 Å². The SMILES string of the molecule is C=C(/C(C(=O)c1c[nH]c(C(=O)N2CCN(C3CCCC3)CC2)c1)=C(/C)OC)c1ccc(Br)cc1. The number of amides is 1. The molecule has 1 amide bonds. The first-order chi connectivity index (χ1) is 16.4. The molecule has 1 saturated heterocycles. The van der Waals surface area contributed by atoms with E-state index in [1.807, 2.05) is 29.2 Å². The van der Waals surface area contributed by atoms with E-state index in [4.69, 9.17) is 4.74 Å². The molecule has 180 valence electrons. The van der Waals surface area contributed by atoms with E-state index < -0.39 is 0 Å². The molecule has 7 heteroatoms. The summed E-state index contributed by atoms with van der Waals surface area (Å²) in [5, 5.41) is 0. The smallest absolute Gasteiger partial charge is 0.270 e. The number of ether oxygens (including phenoxy) is 1. The molecule has 1 saturated carbocycles. The average molecular weight is 526 g/mol. The lowest BCUT2D eigenvalue weighted by Crippen LogP contribution is -2.51. The van der Waals surface area contributed by atoms with E-state index in [9.17, 15) is 9.59 Å². The summed E-state index contributed by atoms with van der Waals surface area (Å²) in [5.41, 5.74) is 2.65. The van der Waals surface area contributed by atoms with Gasteiger partial charge in [0.05, 0.1) is 12.7 Å². The number of Topliss-reactive ketones (excluding diaryl/α,β-unsaturated/α-hetero) is 1. The highest BCUT2D eigenvalue weighted by molar-refractivity contribution is 9.10. The van der Waals surface area contributed by atoms with E-state index in [-0.39, 0.29) is 11.7 Å². The summed E-state index contributed by atoms with van der Waals surface area (Å²) >= 11 is 3.43. The molecule has 34 heavy (non-hydrogen) atoms. The number of halogens is 1. The van der Waals surface area contributed by atoms with E-state index in [0.717, 1.165) is 23.1 Å². The fraction of sp³-hybridized carbons (Fsp3) is 0.407. The normalized spacial score (nSPS) is 18.0. The number of hydrogen-bond acceptors (Lipinski definition) is 4. The van der Waals surface area contributed by atoms with Gasteiger partial charge in [0, 0.05) is 48.5 Å². The van der Waals surface area contributed by atoms with Gasteiger partial charge in [-0.2, -0.15) is 0 Å². The quantitative estimate of drug-likeness (QED) is 0.230. The maximum absolute atomic E-state index is 13.5. The highest BCUT2D eigenvalue weighted by Gasteiger charge is 2.29. The zero-order valence-electron chi connectivity index (χ0n) is 19.9. The first-order valence-corrected chi connectivity index (χ1v) is 12.6. The van der Waals surface area contributed by atoms with Crippen molar-refractivity contribution in [2.75, 3.05) is 33.3 Å². The molecule has 0 atom stereocenters. The minimum atomic E-state index is -0.228. The van der Waals surface area contributed by atoms with Crippen molar-refractivity contribution >= 4 is 33.2 Å². The number of nitrogens with zero attached hydrogens (tertiary/aromatic N) is 2. The lowest BCUT2D eigenvalue weighted by molar-refractivity contribution is 0.0568. The molecule has 2 aliphatic rings. The predicted octanol–water partition coefficient (Wildman–Crippen LogP) is 5.29. The lowest BCUT2D eigenvalue weighted by atomic mass is 9.93. The molecule has 1 aromatic carbocycles. The number of carbonyl (C=O) groups is 2. The van der Waals surface area contributed by atoms with E-state index in [2.05, 4.69) is 32.4 Å². The number of hydrogen-bond donors (Lipinski definition) is 1. The van der Waals surface area contributed by atoms with Gasteiger partial charge in [0.2, 0.25) is 0 Å². The van der Waals surface area contributed by atoms with Crippen molar-refractivity contribution in [3.8, 4) is 0 Å². The molecule has 2 heterocycles. The number of H-pyrrole nitrogens is 1. The van der Waals surface area contributed by atoms with Crippen molar-refractivity contribution in [3.63, 3.8) is 0 Å². The fourth-order valence-corrected chi connectivity index (χ4v) is 5.19. The topological polar surface area (TPSA) is 65.6 Å². The third-order valence-corrected chi connectivity index (χ3v) is 7.53. The van der Waals surface area contributed by atoms with Gasteiger partial charge in [-0.15, -0.1) is 0 Å². The summed E-state index contributed by atoms with van der Waals surface area (Å²) in [6.45, 7) is 9.16. The van der Waals surface area contributed by atoms with Crippen LogP contribution in [-0.4, -0.2) is 65.8 Å². The van der Waals surface area contributed by atoms with Crippen molar-refractivity contribution in [1.29, 1.82) is 0 Å². The van der Waals surface area contributed by atoms with Crippen LogP contribution < -0.4 is 0 Å². The molecule has 1 aromatic heterocycles. The van der Waals surface area contributed by atoms with Crippen LogP contribution in [0.5, 0.6) is 0 Å². The molecule has 4 rings (SSSR count). The zero-order chi connectivity index (χ0) is 24.2. The van der Waals surface area contributed by atoms with Gasteiger partial charge in [-0.05, 0) is 49.1 Å². The molecule has 0 radical (unpaired) electrons. The van der Waals surface area contributed by atoms with Crippen LogP contribution in [0.4, 0.5) is 0 Å². The lowest BCUT2D eigenvalue weighted by Gasteiger charge is -2.37. The second kappa shape index (κ2) is 10.7. The van der Waals surface area contributed by atoms with Crippen LogP contribution in [0.2, 0.25) is 0 Å². The number of rotatable bonds is 7. The number of benzene rings is 1. The maximum atomic E-state index is 13.5. The molecule has 0 unspecified atom stereocenters. The number of carbonyl (C=O) groups excluding carboxylic acids is 2. The van der Waals surface area contributed by atoms with Crippen LogP contribution >= 0.6 is 15.9 Å². The van der Waals surface area contributed by atoms with Gasteiger partial charge in [0.1, 0.15) is 11.5 Å². The van der Waals surface area contributed by atoms with Crippen molar-refractivity contribution in [1.82, 2.24) is 14.8 Å². The third kappa shape index (κ3) is 5.20. The minimum Gasteiger partial charge on any atom is -0.501 e. The number of nitrogens with one attached hydrogen (secondary N) is 1. The Hall–Kier alpha value is -2.64. The van der Waals surface area contributed by atoms with Gasteiger partial charge in [-0.1, -0.05) is 47.5 Å². The number of methoxy groups -OCH3 is 1. The van der Waals surface area contributed by atoms with Crippen LogP contribution in [0.25, 0.3) is 5.57 Å². The Bertz CT molecular complexity index is 1090. The van der Waals surface area contributed by atoms with Crippen molar-refractivity contribution in [3.05, 3.63) is 75.7 Å². The number of aromatic amines is 1. The van der Waals surface area contributed by atoms with Gasteiger partial charge in [0.25, 0.3) is 5.91 Å². The monoisotopic (exact) mass is 525 g/mol. The standard InChI is InChI=1S/C27H32BrN3O3/c1-18(20-8-10-22(28)11-9-20)25(19(2)34-3)26(32)21-16-24(29-17-21)27(33)31-14-12-30(13-15-31)23-6-4-5-7-23/h8-11,16-17,23,29H,1,4-7,12-15H2,2-3H3/b25-19+. The Kier molecular flexibility index (Phi) is 7.73. The Balaban J connectivity index is 1.47. The second-order valence-electron chi connectivity index (χ2n) is 9.02. The first kappa shape index (κ1) is 24.5. The highest BCUT2D eigenvalue weighted by Crippen LogP contribution is 2.29. The zero-order valence-corrected chi connectivity index (χ0v) is 21.5. The Labute approximate surface area is 209 Å². The van der Waals surface area contributed by atoms with E-state index in [1.165, 1.54) is 32.8 Å². The Morgan fingerprint density at radius 1 is 1.06 bits per heavy atom.